The highest BCUT2D eigenvalue weighted by molar-refractivity contribution is 5.67. The molecule has 0 aromatic rings. The maximum absolute atomic E-state index is 11.8. The molecule has 0 bridgehead atoms. The maximum atomic E-state index is 11.8. The Bertz CT molecular complexity index is 351. The van der Waals surface area contributed by atoms with Gasteiger partial charge in [-0.1, -0.05) is 32.1 Å². The van der Waals surface area contributed by atoms with E-state index < -0.39 is 11.6 Å². The quantitative estimate of drug-likeness (QED) is 0.486. The van der Waals surface area contributed by atoms with Crippen LogP contribution in [-0.2, 0) is 4.74 Å². The van der Waals surface area contributed by atoms with Crippen molar-refractivity contribution in [2.24, 2.45) is 5.92 Å². The number of hydrazine groups is 1. The molecule has 0 spiro atoms. The Labute approximate surface area is 122 Å². The summed E-state index contributed by atoms with van der Waals surface area (Å²) in [5.74, 6) is 0.668. The number of nitriles is 1. The molecule has 1 N–H and O–H groups in total. The summed E-state index contributed by atoms with van der Waals surface area (Å²) < 4.78 is 5.34. The van der Waals surface area contributed by atoms with Crippen LogP contribution in [0.2, 0.25) is 0 Å². The standard InChI is InChI=1S/C15H27N3O2/c1-12(10-13-8-6-5-7-9-13)20-14(19)17-18(11-16)15(2,3)4/h12-13H,5-10H2,1-4H3,(H,17,19)/t12-/m0/s1. The fraction of sp³-hybridized carbons (Fsp3) is 0.867. The molecule has 1 rings (SSSR count). The highest BCUT2D eigenvalue weighted by Gasteiger charge is 2.24. The molecule has 1 amide bonds. The Morgan fingerprint density at radius 1 is 1.40 bits per heavy atom. The van der Waals surface area contributed by atoms with E-state index in [1.54, 1.807) is 0 Å². The third-order valence-corrected chi connectivity index (χ3v) is 3.67. The number of rotatable bonds is 4. The molecule has 1 atom stereocenters. The van der Waals surface area contributed by atoms with Crippen molar-refractivity contribution in [3.05, 3.63) is 0 Å². The summed E-state index contributed by atoms with van der Waals surface area (Å²) in [6, 6.07) is 0. The molecule has 5 nitrogen and oxygen atoms in total. The summed E-state index contributed by atoms with van der Waals surface area (Å²) in [4.78, 5) is 11.8. The topological polar surface area (TPSA) is 65.4 Å². The van der Waals surface area contributed by atoms with Gasteiger partial charge in [-0.3, -0.25) is 0 Å². The Balaban J connectivity index is 2.35. The predicted octanol–water partition coefficient (Wildman–Crippen LogP) is 3.57. The van der Waals surface area contributed by atoms with E-state index in [-0.39, 0.29) is 6.10 Å². The van der Waals surface area contributed by atoms with Crippen LogP contribution in [0.5, 0.6) is 0 Å². The number of nitrogens with one attached hydrogen (secondary N) is 1. The third-order valence-electron chi connectivity index (χ3n) is 3.67. The second kappa shape index (κ2) is 7.37. The van der Waals surface area contributed by atoms with E-state index in [0.29, 0.717) is 5.92 Å². The van der Waals surface area contributed by atoms with Crippen LogP contribution >= 0.6 is 0 Å². The molecular formula is C15H27N3O2. The molecule has 0 radical (unpaired) electrons. The van der Waals surface area contributed by atoms with Gasteiger partial charge in [0.25, 0.3) is 0 Å². The van der Waals surface area contributed by atoms with Crippen LogP contribution in [0.25, 0.3) is 0 Å². The lowest BCUT2D eigenvalue weighted by Crippen LogP contribution is -2.50. The SMILES string of the molecule is C[C@@H](CC1CCCCC1)OC(=O)NN(C#N)C(C)(C)C. The molecule has 5 heteroatoms. The number of hydrogen-bond acceptors (Lipinski definition) is 4. The average molecular weight is 281 g/mol. The van der Waals surface area contributed by atoms with Gasteiger partial charge in [0.2, 0.25) is 6.19 Å². The van der Waals surface area contributed by atoms with E-state index in [0.717, 1.165) is 6.42 Å². The van der Waals surface area contributed by atoms with Crippen molar-refractivity contribution >= 4 is 6.09 Å². The Kier molecular flexibility index (Phi) is 6.12. The number of hydrogen-bond donors (Lipinski definition) is 1. The van der Waals surface area contributed by atoms with Crippen LogP contribution in [-0.4, -0.2) is 22.7 Å². The summed E-state index contributed by atoms with van der Waals surface area (Å²) >= 11 is 0. The first kappa shape index (κ1) is 16.6. The van der Waals surface area contributed by atoms with Crippen molar-refractivity contribution in [3.63, 3.8) is 0 Å². The number of nitrogens with zero attached hydrogens (tertiary/aromatic N) is 2. The zero-order valence-corrected chi connectivity index (χ0v) is 13.1. The summed E-state index contributed by atoms with van der Waals surface area (Å²) in [5.41, 5.74) is 2.03. The van der Waals surface area contributed by atoms with Gasteiger partial charge >= 0.3 is 6.09 Å². The molecule has 20 heavy (non-hydrogen) atoms. The summed E-state index contributed by atoms with van der Waals surface area (Å²) in [7, 11) is 0. The maximum Gasteiger partial charge on any atom is 0.427 e. The monoisotopic (exact) mass is 281 g/mol. The van der Waals surface area contributed by atoms with Gasteiger partial charge < -0.3 is 4.74 Å². The van der Waals surface area contributed by atoms with Crippen molar-refractivity contribution < 1.29 is 9.53 Å². The molecule has 0 aromatic heterocycles. The average Bonchev–Trinajstić information content (AvgIpc) is 2.35. The van der Waals surface area contributed by atoms with Gasteiger partial charge in [-0.25, -0.2) is 15.2 Å². The lowest BCUT2D eigenvalue weighted by Gasteiger charge is -2.30. The third kappa shape index (κ3) is 5.68. The van der Waals surface area contributed by atoms with Crippen molar-refractivity contribution in [3.8, 4) is 6.19 Å². The van der Waals surface area contributed by atoms with Crippen LogP contribution in [0.3, 0.4) is 0 Å². The minimum atomic E-state index is -0.551. The Hall–Kier alpha value is -1.44. The van der Waals surface area contributed by atoms with Crippen molar-refractivity contribution in [2.45, 2.75) is 77.9 Å². The smallest absolute Gasteiger partial charge is 0.427 e. The molecule has 1 saturated carbocycles. The number of carbonyl (C=O) groups is 1. The second-order valence-electron chi connectivity index (χ2n) is 6.67. The minimum Gasteiger partial charge on any atom is -0.445 e. The highest BCUT2D eigenvalue weighted by Crippen LogP contribution is 2.27. The molecule has 0 unspecified atom stereocenters. The predicted molar refractivity (Wildman–Crippen MR) is 77.5 cm³/mol. The Morgan fingerprint density at radius 3 is 2.50 bits per heavy atom. The van der Waals surface area contributed by atoms with Crippen LogP contribution in [0, 0.1) is 17.4 Å². The van der Waals surface area contributed by atoms with Crippen LogP contribution in [0.15, 0.2) is 0 Å². The van der Waals surface area contributed by atoms with Crippen molar-refractivity contribution in [1.29, 1.82) is 5.26 Å². The highest BCUT2D eigenvalue weighted by atomic mass is 16.6. The molecule has 1 fully saturated rings. The summed E-state index contributed by atoms with van der Waals surface area (Å²) in [5, 5.41) is 10.2. The fourth-order valence-electron chi connectivity index (χ4n) is 2.58. The van der Waals surface area contributed by atoms with E-state index >= 15 is 0 Å². The van der Waals surface area contributed by atoms with Gasteiger partial charge in [-0.15, -0.1) is 0 Å². The first-order chi connectivity index (χ1) is 9.32. The summed E-state index contributed by atoms with van der Waals surface area (Å²) in [6.45, 7) is 7.47. The lowest BCUT2D eigenvalue weighted by molar-refractivity contribution is 0.0572. The van der Waals surface area contributed by atoms with Crippen LogP contribution in [0.1, 0.15) is 66.2 Å². The first-order valence-corrected chi connectivity index (χ1v) is 7.50. The van der Waals surface area contributed by atoms with E-state index in [1.165, 1.54) is 37.1 Å². The number of amides is 1. The van der Waals surface area contributed by atoms with Gasteiger partial charge in [-0.2, -0.15) is 5.26 Å². The molecule has 1 aliphatic rings. The Morgan fingerprint density at radius 2 is 2.00 bits per heavy atom. The van der Waals surface area contributed by atoms with Gasteiger partial charge in [0.1, 0.15) is 6.10 Å². The van der Waals surface area contributed by atoms with Crippen molar-refractivity contribution in [1.82, 2.24) is 10.4 Å². The van der Waals surface area contributed by atoms with E-state index in [2.05, 4.69) is 5.43 Å². The van der Waals surface area contributed by atoms with Gasteiger partial charge in [0.15, 0.2) is 0 Å². The van der Waals surface area contributed by atoms with E-state index in [4.69, 9.17) is 10.00 Å². The summed E-state index contributed by atoms with van der Waals surface area (Å²) in [6.07, 6.45) is 8.58. The largest absolute Gasteiger partial charge is 0.445 e. The zero-order valence-electron chi connectivity index (χ0n) is 13.1. The van der Waals surface area contributed by atoms with Gasteiger partial charge in [-0.05, 0) is 40.0 Å². The molecule has 114 valence electrons. The van der Waals surface area contributed by atoms with Crippen LogP contribution in [0.4, 0.5) is 4.79 Å². The van der Waals surface area contributed by atoms with E-state index in [9.17, 15) is 4.79 Å². The molecule has 0 heterocycles. The second-order valence-corrected chi connectivity index (χ2v) is 6.67. The number of carbonyl (C=O) groups excluding carboxylic acids is 1. The van der Waals surface area contributed by atoms with Gasteiger partial charge in [0.05, 0.1) is 5.54 Å². The van der Waals surface area contributed by atoms with E-state index in [1.807, 2.05) is 33.9 Å². The molecule has 0 aliphatic heterocycles. The normalized spacial score (nSPS) is 17.9. The first-order valence-electron chi connectivity index (χ1n) is 7.50. The molecule has 0 saturated heterocycles. The molecule has 1 aliphatic carbocycles. The van der Waals surface area contributed by atoms with Crippen molar-refractivity contribution in [2.75, 3.05) is 0 Å². The number of ether oxygens (including phenoxy) is 1. The minimum absolute atomic E-state index is 0.112. The van der Waals surface area contributed by atoms with Gasteiger partial charge in [0, 0.05) is 0 Å². The fourth-order valence-corrected chi connectivity index (χ4v) is 2.58. The zero-order chi connectivity index (χ0) is 15.2. The van der Waals surface area contributed by atoms with Crippen LogP contribution < -0.4 is 5.43 Å². The lowest BCUT2D eigenvalue weighted by atomic mass is 9.86. The molecule has 0 aromatic carbocycles. The molecular weight excluding hydrogens is 254 g/mol.